The van der Waals surface area contributed by atoms with Crippen molar-refractivity contribution in [3.8, 4) is 46.7 Å². The fourth-order valence-corrected chi connectivity index (χ4v) is 19.1. The fraction of sp³-hybridized carbons (Fsp3) is 0.0278. The Hall–Kier alpha value is -17.2. The highest BCUT2D eigenvalue weighted by atomic mass is 32.3. The molecule has 21 N–H and O–H groups in total. The summed E-state index contributed by atoms with van der Waals surface area (Å²) < 4.78 is 237. The molecule has 704 valence electrons. The van der Waals surface area contributed by atoms with Gasteiger partial charge in [0.1, 0.15) is 0 Å². The topological polar surface area (TPSA) is 886 Å². The number of benzene rings is 8. The van der Waals surface area contributed by atoms with Crippen LogP contribution in [0.2, 0.25) is 0 Å². The van der Waals surface area contributed by atoms with Crippen LogP contribution < -0.4 is 46.0 Å². The van der Waals surface area contributed by atoms with Crippen molar-refractivity contribution in [2.45, 2.75) is 53.0 Å². The number of aromatic nitrogens is 12. The first-order chi connectivity index (χ1) is 64.5. The Morgan fingerprint density at radius 1 is 0.263 bits per heavy atom. The lowest BCUT2D eigenvalue weighted by atomic mass is 10.3. The molecule has 0 aliphatic rings. The molecule has 6 heterocycles. The summed E-state index contributed by atoms with van der Waals surface area (Å²) in [4.78, 5) is 26.3. The van der Waals surface area contributed by atoms with Gasteiger partial charge in [0.2, 0.25) is 59.1 Å². The van der Waals surface area contributed by atoms with Crippen LogP contribution in [0.5, 0.6) is 35.3 Å². The van der Waals surface area contributed by atoms with Gasteiger partial charge in [0, 0.05) is 0 Å². The van der Waals surface area contributed by atoms with E-state index >= 15 is 0 Å². The van der Waals surface area contributed by atoms with E-state index in [-0.39, 0.29) is 87.8 Å². The first kappa shape index (κ1) is 95.9. The van der Waals surface area contributed by atoms with Gasteiger partial charge in [-0.1, -0.05) is 12.1 Å². The van der Waals surface area contributed by atoms with Crippen LogP contribution in [0, 0.1) is 13.8 Å². The highest BCUT2D eigenvalue weighted by Crippen LogP contribution is 2.42. The van der Waals surface area contributed by atoms with Gasteiger partial charge in [-0.25, -0.2) is 69.4 Å². The largest absolute Gasteiger partial charge is 0.492 e. The Bertz CT molecular complexity index is 7830. The molecule has 0 aliphatic heterocycles. The second kappa shape index (κ2) is 37.4. The van der Waals surface area contributed by atoms with E-state index in [2.05, 4.69) is 121 Å². The van der Waals surface area contributed by atoms with Crippen molar-refractivity contribution in [2.24, 2.45) is 61.4 Å². The van der Waals surface area contributed by atoms with Crippen LogP contribution in [0.3, 0.4) is 0 Å². The summed E-state index contributed by atoms with van der Waals surface area (Å²) >= 11 is 0. The van der Waals surface area contributed by atoms with E-state index in [9.17, 15) is 107 Å². The van der Waals surface area contributed by atoms with Crippen molar-refractivity contribution < 1.29 is 107 Å². The van der Waals surface area contributed by atoms with Crippen LogP contribution >= 0.6 is 0 Å². The van der Waals surface area contributed by atoms with E-state index < -0.39 is 205 Å². The van der Waals surface area contributed by atoms with E-state index in [1.54, 1.807) is 4.13 Å². The number of nitrogens with zero attached hydrogens (tertiary/aromatic N) is 24. The summed E-state index contributed by atoms with van der Waals surface area (Å²) in [7, 11) is -36.9. The number of sulfonamides is 6. The molecule has 0 bridgehead atoms. The van der Waals surface area contributed by atoms with Crippen molar-refractivity contribution >= 4 is 196 Å². The number of rotatable bonds is 32. The fourth-order valence-electron chi connectivity index (χ4n) is 11.3. The molecule has 0 aliphatic carbocycles. The Morgan fingerprint density at radius 2 is 0.482 bits per heavy atom. The number of azo groups is 6. The summed E-state index contributed by atoms with van der Waals surface area (Å²) in [6.45, 7) is 2.89. The highest BCUT2D eigenvalue weighted by Gasteiger charge is 2.30. The zero-order valence-electron chi connectivity index (χ0n) is 68.4. The maximum Gasteiger partial charge on any atom is 0.294 e. The summed E-state index contributed by atoms with van der Waals surface area (Å²) in [5.74, 6) is -9.99. The molecule has 8 aromatic carbocycles. The third kappa shape index (κ3) is 22.1. The Kier molecular flexibility index (Phi) is 26.2. The molecule has 0 fully saturated rings. The number of nitrogen functional groups attached to an aromatic ring is 4. The first-order valence-corrected chi connectivity index (χ1v) is 48.9. The Morgan fingerprint density at radius 3 is 0.715 bits per heavy atom. The van der Waals surface area contributed by atoms with Gasteiger partial charge in [-0.2, -0.15) is 107 Å². The van der Waals surface area contributed by atoms with Crippen molar-refractivity contribution in [1.82, 2.24) is 63.6 Å². The smallest absolute Gasteiger partial charge is 0.294 e. The van der Waals surface area contributed by atoms with Crippen LogP contribution in [0.25, 0.3) is 11.4 Å². The van der Waals surface area contributed by atoms with Crippen LogP contribution in [0.1, 0.15) is 11.4 Å². The van der Waals surface area contributed by atoms with Crippen molar-refractivity contribution in [3.63, 3.8) is 0 Å². The standard InChI is InChI=1S/C72H59N33O24S8/c1-35-53(91-85-37-9-21-45(22-10-37)130(112,113)99-69-77-59(73)55(63(106)81-69)93-87-39-13-25-47(26-14-39)132(116,117)101-71-79-61(75)57(65(108)83-71)95-89-41-5-3-7-51(33-41)136(124,125)126)67(110)104(97-35)43-17-29-49(30-18-43)134(120,121)103-135(122,123)50-31-19-44(20-32-50)105-68(111)54(36(2)98-105)92-86-38-11-23-46(24-12-38)131(114,115)100-70-78-60(74)56(64(107)82-70)94-88-40-15-27-48(28-16-40)133(118,119)102-72-80-62(76)58(66(109)84-72)96-90-42-6-4-8-52(34-42)137(127,128)129/h3-34,103,110-111H,1-2H3,(H,124,125,126)(H,127,128,129)(H4,73,77,81,99,106)(H4,74,78,82,100,107)(H4,75,79,83,101,108)(H4,76,80,84,102,109). The van der Waals surface area contributed by atoms with E-state index in [1.807, 2.05) is 9.44 Å². The molecule has 57 nitrogen and oxygen atoms in total. The van der Waals surface area contributed by atoms with E-state index in [4.69, 9.17) is 22.9 Å². The van der Waals surface area contributed by atoms with E-state index in [1.165, 1.54) is 111 Å². The molecule has 0 unspecified atom stereocenters. The molecule has 0 saturated heterocycles. The quantitative estimate of drug-likeness (QED) is 0.0138. The minimum absolute atomic E-state index is 0.0139. The summed E-state index contributed by atoms with van der Waals surface area (Å²) in [6, 6.07) is 36.3. The second-order valence-corrected chi connectivity index (χ2v) is 40.6. The number of nitrogens with two attached hydrogens (primary N) is 4. The summed E-state index contributed by atoms with van der Waals surface area (Å²) in [6.07, 6.45) is 0. The normalized spacial score (nSPS) is 12.7. The van der Waals surface area contributed by atoms with Crippen LogP contribution in [-0.2, 0) is 80.4 Å². The molecular weight excluding hydrogens is 1970 g/mol. The second-order valence-electron chi connectivity index (χ2n) is 27.4. The van der Waals surface area contributed by atoms with Gasteiger partial charge < -0.3 is 53.6 Å². The number of nitrogens with one attached hydrogen (secondary N) is 5. The molecular formula is C72H59N33O24S8. The zero-order chi connectivity index (χ0) is 98.8. The molecule has 0 radical (unpaired) electrons. The molecule has 14 aromatic rings. The van der Waals surface area contributed by atoms with Gasteiger partial charge in [0.05, 0.1) is 96.1 Å². The van der Waals surface area contributed by atoms with Crippen molar-refractivity contribution in [2.75, 3.05) is 41.8 Å². The number of hydrogen-bond acceptors (Lipinski definition) is 48. The first-order valence-electron chi connectivity index (χ1n) is 37.2. The van der Waals surface area contributed by atoms with Crippen molar-refractivity contribution in [1.29, 1.82) is 0 Å². The Labute approximate surface area is 769 Å². The molecule has 0 spiro atoms. The number of aromatic hydroxyl groups is 6. The molecule has 137 heavy (non-hydrogen) atoms. The van der Waals surface area contributed by atoms with E-state index in [0.29, 0.717) is 0 Å². The predicted octanol–water partition coefficient (Wildman–Crippen LogP) is 10.3. The minimum Gasteiger partial charge on any atom is -0.492 e. The van der Waals surface area contributed by atoms with Gasteiger partial charge in [-0.05, 0) is 196 Å². The maximum atomic E-state index is 13.6. The van der Waals surface area contributed by atoms with Crippen LogP contribution in [-0.4, -0.2) is 167 Å². The summed E-state index contributed by atoms with van der Waals surface area (Å²) in [5, 5.41) is 120. The summed E-state index contributed by atoms with van der Waals surface area (Å²) in [5.41, 5.74) is 21.5. The third-order valence-corrected chi connectivity index (χ3v) is 28.5. The van der Waals surface area contributed by atoms with Crippen LogP contribution in [0.4, 0.5) is 115 Å². The Balaban J connectivity index is 0.539. The lowest BCUT2D eigenvalue weighted by Gasteiger charge is -2.10. The zero-order valence-corrected chi connectivity index (χ0v) is 74.9. The number of hydrogen-bond donors (Lipinski definition) is 17. The molecule has 0 saturated carbocycles. The monoisotopic (exact) mass is 2030 g/mol. The van der Waals surface area contributed by atoms with Gasteiger partial charge in [-0.3, -0.25) is 9.11 Å². The average molecular weight is 2030 g/mol. The predicted molar refractivity (Wildman–Crippen MR) is 476 cm³/mol. The molecule has 6 aromatic heterocycles. The molecule has 14 rings (SSSR count). The molecule has 65 heteroatoms. The highest BCUT2D eigenvalue weighted by molar-refractivity contribution is 8.04. The number of aryl methyl sites for hydroxylation is 2. The number of anilines is 8. The van der Waals surface area contributed by atoms with Crippen LogP contribution in [0.15, 0.2) is 295 Å². The van der Waals surface area contributed by atoms with Gasteiger partial charge in [0.15, 0.2) is 57.4 Å². The van der Waals surface area contributed by atoms with Gasteiger partial charge in [0.25, 0.3) is 80.4 Å². The van der Waals surface area contributed by atoms with Gasteiger partial charge >= 0.3 is 0 Å². The maximum absolute atomic E-state index is 13.6. The lowest BCUT2D eigenvalue weighted by molar-refractivity contribution is 0.434. The minimum atomic E-state index is -4.87. The average Bonchev–Trinajstić information content (AvgIpc) is 1.76. The third-order valence-electron chi connectivity index (χ3n) is 17.9. The lowest BCUT2D eigenvalue weighted by Crippen LogP contribution is -2.30. The molecule has 0 amide bonds. The van der Waals surface area contributed by atoms with Gasteiger partial charge in [-0.15, -0.1) is 34.8 Å². The van der Waals surface area contributed by atoms with Crippen molar-refractivity contribution in [3.05, 3.63) is 206 Å². The molecule has 0 atom stereocenters. The SMILES string of the molecule is Cc1nn(-c2ccc(S(=O)(=O)NS(=O)(=O)c3ccc(-n4nc(C)c(N=Nc5ccc(S(=O)(=O)Nc6nc(N)c(N=Nc7ccc(S(=O)(=O)Nc8nc(N)c(N=Nc9cccc(S(=O)(=O)O)c9)c(O)n8)cc7)c(O)n6)cc5)c4O)cc3)cc2)c(O)c1N=Nc1ccc(S(=O)(=O)Nc2nc(N)c(N=Nc3ccc(S(=O)(=O)Nc4nc(N)c(N=Nc5cccc(S(=O)(=O)O)c5)c(O)n4)cc3)c(O)n2)cc1. The van der Waals surface area contributed by atoms with E-state index in [0.717, 1.165) is 106 Å².